The molecule has 2 aromatic carbocycles. The topological polar surface area (TPSA) is 64.6 Å². The van der Waals surface area contributed by atoms with Gasteiger partial charge < -0.3 is 14.3 Å². The van der Waals surface area contributed by atoms with Gasteiger partial charge in [0.25, 0.3) is 0 Å². The van der Waals surface area contributed by atoms with Crippen LogP contribution in [-0.2, 0) is 13.8 Å². The van der Waals surface area contributed by atoms with Gasteiger partial charge in [-0.05, 0) is 49.2 Å². The number of benzene rings is 2. The van der Waals surface area contributed by atoms with Crippen molar-refractivity contribution in [2.45, 2.75) is 13.8 Å². The van der Waals surface area contributed by atoms with Crippen LogP contribution in [0.1, 0.15) is 20.8 Å². The number of rotatable bonds is 6. The molecule has 0 aliphatic heterocycles. The lowest BCUT2D eigenvalue weighted by molar-refractivity contribution is 0.0607. The zero-order valence-electron chi connectivity index (χ0n) is 16.5. The average Bonchev–Trinajstić information content (AvgIpc) is 3.11. The first-order valence-electron chi connectivity index (χ1n) is 8.77. The van der Waals surface area contributed by atoms with Crippen LogP contribution in [0.5, 0.6) is 0 Å². The molecule has 0 saturated carbocycles. The van der Waals surface area contributed by atoms with Crippen molar-refractivity contribution < 1.29 is 18.6 Å². The Hall–Kier alpha value is -1.92. The number of halogens is 1. The number of aryl methyl sites for hydroxylation is 2. The van der Waals surface area contributed by atoms with Gasteiger partial charge in [0.15, 0.2) is 0 Å². The number of carbonyl (C=O) groups excluding carboxylic acids is 1. The first-order chi connectivity index (χ1) is 13.8. The zero-order chi connectivity index (χ0) is 21.2. The maximum atomic E-state index is 13.7. The number of nitrogens with one attached hydrogen (secondary N) is 1. The molecule has 0 aliphatic rings. The van der Waals surface area contributed by atoms with Crippen LogP contribution in [0.15, 0.2) is 53.0 Å². The molecule has 0 aliphatic carbocycles. The van der Waals surface area contributed by atoms with Gasteiger partial charge in [-0.2, -0.15) is 0 Å². The predicted octanol–water partition coefficient (Wildman–Crippen LogP) is 6.16. The lowest BCUT2D eigenvalue weighted by atomic mass is 10.2. The highest BCUT2D eigenvalue weighted by molar-refractivity contribution is 9.10. The molecular weight excluding hydrogens is 473 g/mol. The van der Waals surface area contributed by atoms with Crippen LogP contribution in [0.4, 0.5) is 5.69 Å². The van der Waals surface area contributed by atoms with E-state index in [0.717, 1.165) is 26.0 Å². The van der Waals surface area contributed by atoms with E-state index >= 15 is 0 Å². The normalized spacial score (nSPS) is 13.0. The van der Waals surface area contributed by atoms with E-state index in [2.05, 4.69) is 21.0 Å². The molecule has 0 fully saturated rings. The maximum absolute atomic E-state index is 13.7. The summed E-state index contributed by atoms with van der Waals surface area (Å²) in [7, 11) is -0.733. The van der Waals surface area contributed by atoms with Crippen molar-refractivity contribution >= 4 is 51.7 Å². The molecule has 29 heavy (non-hydrogen) atoms. The van der Waals surface area contributed by atoms with Crippen LogP contribution in [0, 0.1) is 13.8 Å². The van der Waals surface area contributed by atoms with Crippen LogP contribution >= 0.6 is 34.8 Å². The van der Waals surface area contributed by atoms with Crippen molar-refractivity contribution in [3.8, 4) is 10.4 Å². The summed E-state index contributed by atoms with van der Waals surface area (Å²) in [4.78, 5) is 13.6. The Labute approximate surface area is 182 Å². The van der Waals surface area contributed by atoms with Gasteiger partial charge in [0, 0.05) is 16.5 Å². The van der Waals surface area contributed by atoms with Gasteiger partial charge in [0.2, 0.25) is 0 Å². The van der Waals surface area contributed by atoms with Crippen LogP contribution in [0.25, 0.3) is 10.4 Å². The van der Waals surface area contributed by atoms with Crippen molar-refractivity contribution in [2.24, 2.45) is 0 Å². The lowest BCUT2D eigenvalue weighted by Gasteiger charge is -2.20. The molecule has 152 valence electrons. The fraction of sp³-hybridized carbons (Fsp3) is 0.190. The summed E-state index contributed by atoms with van der Waals surface area (Å²) in [6, 6.07) is 15.2. The summed E-state index contributed by atoms with van der Waals surface area (Å²) in [6.07, 6.45) is 0. The van der Waals surface area contributed by atoms with E-state index in [4.69, 9.17) is 9.26 Å². The third-order valence-electron chi connectivity index (χ3n) is 4.43. The Balaban J connectivity index is 2.07. The number of hydrogen-bond donors (Lipinski definition) is 1. The van der Waals surface area contributed by atoms with Crippen LogP contribution in [-0.4, -0.2) is 20.2 Å². The number of carbonyl (C=O) groups is 1. The van der Waals surface area contributed by atoms with E-state index in [-0.39, 0.29) is 0 Å². The lowest BCUT2D eigenvalue weighted by Crippen LogP contribution is -2.17. The highest BCUT2D eigenvalue weighted by atomic mass is 79.9. The Kier molecular flexibility index (Phi) is 6.64. The number of hydrogen-bond acceptors (Lipinski definition) is 5. The van der Waals surface area contributed by atoms with Gasteiger partial charge >= 0.3 is 13.5 Å². The van der Waals surface area contributed by atoms with Gasteiger partial charge in [0.1, 0.15) is 4.88 Å². The standard InChI is InChI=1S/C21H21BrNO4PS/c1-13-5-10-18(14(2)11-13)28(25,27-4)23-17-12-19(29-20(17)21(24)26-3)15-6-8-16(22)9-7-15/h5-12H,1-4H3,(H,23,25). The molecule has 5 nitrogen and oxygen atoms in total. The van der Waals surface area contributed by atoms with Crippen molar-refractivity contribution in [2.75, 3.05) is 19.3 Å². The quantitative estimate of drug-likeness (QED) is 0.329. The molecule has 1 heterocycles. The van der Waals surface area contributed by atoms with Gasteiger partial charge in [-0.3, -0.25) is 4.57 Å². The SMILES string of the molecule is COC(=O)c1sc(-c2ccc(Br)cc2)cc1NP(=O)(OC)c1ccc(C)cc1C. The van der Waals surface area contributed by atoms with E-state index in [0.29, 0.717) is 15.9 Å². The first-order valence-corrected chi connectivity index (χ1v) is 12.0. The van der Waals surface area contributed by atoms with E-state index in [1.165, 1.54) is 25.6 Å². The first kappa shape index (κ1) is 21.8. The summed E-state index contributed by atoms with van der Waals surface area (Å²) >= 11 is 4.70. The highest BCUT2D eigenvalue weighted by Gasteiger charge is 2.30. The minimum atomic E-state index is -3.45. The summed E-state index contributed by atoms with van der Waals surface area (Å²) in [6.45, 7) is 3.86. The molecule has 3 rings (SSSR count). The molecular formula is C21H21BrNO4PS. The summed E-state index contributed by atoms with van der Waals surface area (Å²) in [5, 5.41) is 3.57. The number of ether oxygens (including phenoxy) is 1. The maximum Gasteiger partial charge on any atom is 0.350 e. The molecule has 1 aromatic heterocycles. The molecule has 0 amide bonds. The van der Waals surface area contributed by atoms with E-state index in [1.54, 1.807) is 12.1 Å². The molecule has 0 spiro atoms. The van der Waals surface area contributed by atoms with Crippen molar-refractivity contribution in [3.05, 3.63) is 69.0 Å². The van der Waals surface area contributed by atoms with Gasteiger partial charge in [-0.25, -0.2) is 4.79 Å². The predicted molar refractivity (Wildman–Crippen MR) is 123 cm³/mol. The molecule has 0 bridgehead atoms. The molecule has 0 saturated heterocycles. The van der Waals surface area contributed by atoms with Crippen LogP contribution in [0.2, 0.25) is 0 Å². The average molecular weight is 494 g/mol. The Morgan fingerprint density at radius 3 is 2.34 bits per heavy atom. The fourth-order valence-corrected chi connectivity index (χ4v) is 6.05. The smallest absolute Gasteiger partial charge is 0.350 e. The second kappa shape index (κ2) is 8.84. The third-order valence-corrected chi connectivity index (χ3v) is 8.30. The molecule has 0 radical (unpaired) electrons. The summed E-state index contributed by atoms with van der Waals surface area (Å²) in [5.41, 5.74) is 3.28. The minimum Gasteiger partial charge on any atom is -0.465 e. The Bertz CT molecular complexity index is 1090. The number of esters is 1. The largest absolute Gasteiger partial charge is 0.465 e. The number of methoxy groups -OCH3 is 1. The zero-order valence-corrected chi connectivity index (χ0v) is 19.8. The Morgan fingerprint density at radius 2 is 1.76 bits per heavy atom. The van der Waals surface area contributed by atoms with Crippen LogP contribution in [0.3, 0.4) is 0 Å². The van der Waals surface area contributed by atoms with E-state index in [9.17, 15) is 9.36 Å². The minimum absolute atomic E-state index is 0.340. The van der Waals surface area contributed by atoms with Crippen molar-refractivity contribution in [1.29, 1.82) is 0 Å². The van der Waals surface area contributed by atoms with Gasteiger partial charge in [-0.15, -0.1) is 11.3 Å². The number of anilines is 1. The fourth-order valence-electron chi connectivity index (χ4n) is 2.97. The van der Waals surface area contributed by atoms with Crippen LogP contribution < -0.4 is 10.4 Å². The highest BCUT2D eigenvalue weighted by Crippen LogP contribution is 2.48. The molecule has 1 atom stereocenters. The van der Waals surface area contributed by atoms with Crippen molar-refractivity contribution in [1.82, 2.24) is 0 Å². The van der Waals surface area contributed by atoms with Crippen molar-refractivity contribution in [3.63, 3.8) is 0 Å². The molecule has 3 aromatic rings. The summed E-state index contributed by atoms with van der Waals surface area (Å²) < 4.78 is 25.0. The van der Waals surface area contributed by atoms with Gasteiger partial charge in [-0.1, -0.05) is 45.8 Å². The monoisotopic (exact) mass is 493 g/mol. The van der Waals surface area contributed by atoms with E-state index < -0.39 is 13.5 Å². The Morgan fingerprint density at radius 1 is 1.07 bits per heavy atom. The van der Waals surface area contributed by atoms with Gasteiger partial charge in [0.05, 0.1) is 18.1 Å². The van der Waals surface area contributed by atoms with E-state index in [1.807, 2.05) is 50.2 Å². The second-order valence-electron chi connectivity index (χ2n) is 6.49. The number of thiophene rings is 1. The second-order valence-corrected chi connectivity index (χ2v) is 10.6. The molecule has 1 unspecified atom stereocenters. The molecule has 8 heteroatoms. The third kappa shape index (κ3) is 4.64. The molecule has 1 N–H and O–H groups in total. The summed E-state index contributed by atoms with van der Waals surface area (Å²) in [5.74, 6) is -0.496.